The Labute approximate surface area is 200 Å². The van der Waals surface area contributed by atoms with Crippen molar-refractivity contribution in [2.45, 2.75) is 51.6 Å². The summed E-state index contributed by atoms with van der Waals surface area (Å²) in [6.45, 7) is 8.49. The van der Waals surface area contributed by atoms with Crippen molar-refractivity contribution in [3.8, 4) is 0 Å². The maximum atomic E-state index is 13.1. The molecule has 1 aliphatic rings. The molecule has 1 aliphatic heterocycles. The third-order valence-corrected chi connectivity index (χ3v) is 5.60. The fraction of sp³-hybridized carbons (Fsp3) is 0.636. The lowest BCUT2D eigenvalue weighted by atomic mass is 9.84. The van der Waals surface area contributed by atoms with Gasteiger partial charge in [-0.3, -0.25) is 9.79 Å². The van der Waals surface area contributed by atoms with Crippen LogP contribution in [0.1, 0.15) is 51.2 Å². The van der Waals surface area contributed by atoms with Crippen LogP contribution in [0.15, 0.2) is 29.3 Å². The van der Waals surface area contributed by atoms with Crippen LogP contribution in [-0.4, -0.2) is 50.0 Å². The Kier molecular flexibility index (Phi) is 10.6. The number of nitrogens with zero attached hydrogens (tertiary/aromatic N) is 2. The summed E-state index contributed by atoms with van der Waals surface area (Å²) in [6, 6.07) is 5.48. The maximum absolute atomic E-state index is 13.1. The molecule has 0 atom stereocenters. The molecule has 1 aromatic carbocycles. The summed E-state index contributed by atoms with van der Waals surface area (Å²) in [7, 11) is 1.65. The van der Waals surface area contributed by atoms with Crippen LogP contribution in [0.3, 0.4) is 0 Å². The van der Waals surface area contributed by atoms with E-state index >= 15 is 0 Å². The van der Waals surface area contributed by atoms with E-state index in [4.69, 9.17) is 4.99 Å². The monoisotopic (exact) mass is 554 g/mol. The number of aliphatic imine (C=N–C) groups is 1. The first-order valence-corrected chi connectivity index (χ1v) is 10.5. The molecule has 2 rings (SSSR count). The fourth-order valence-corrected chi connectivity index (χ4v) is 3.62. The fourth-order valence-electron chi connectivity index (χ4n) is 3.62. The van der Waals surface area contributed by atoms with Crippen LogP contribution in [0, 0.1) is 5.92 Å². The number of carbonyl (C=O) groups excluding carboxylic acids is 1. The normalized spacial score (nSPS) is 16.0. The van der Waals surface area contributed by atoms with Crippen molar-refractivity contribution in [1.82, 2.24) is 15.5 Å². The van der Waals surface area contributed by atoms with Gasteiger partial charge < -0.3 is 15.5 Å². The smallest absolute Gasteiger partial charge is 0.359 e. The van der Waals surface area contributed by atoms with Gasteiger partial charge in [-0.1, -0.05) is 32.0 Å². The van der Waals surface area contributed by atoms with Crippen molar-refractivity contribution in [3.05, 3.63) is 35.4 Å². The Balaban J connectivity index is 0.00000480. The van der Waals surface area contributed by atoms with E-state index in [1.54, 1.807) is 13.1 Å². The van der Waals surface area contributed by atoms with Crippen molar-refractivity contribution in [2.24, 2.45) is 10.9 Å². The summed E-state index contributed by atoms with van der Waals surface area (Å²) < 4.78 is 39.2. The predicted octanol–water partition coefficient (Wildman–Crippen LogP) is 4.41. The number of rotatable bonds is 6. The second-order valence-corrected chi connectivity index (χ2v) is 8.44. The van der Waals surface area contributed by atoms with E-state index in [9.17, 15) is 18.0 Å². The van der Waals surface area contributed by atoms with Crippen LogP contribution >= 0.6 is 24.0 Å². The molecule has 0 aliphatic carbocycles. The largest absolute Gasteiger partial charge is 0.416 e. The first-order valence-electron chi connectivity index (χ1n) is 10.5. The SMILES string of the molecule is CCNC(=NCC(C)(C)c1cccc(C(F)(F)F)c1)N1CCC(CC(=O)NC)CC1.I. The zero-order chi connectivity index (χ0) is 22.4. The Morgan fingerprint density at radius 2 is 1.81 bits per heavy atom. The number of hydrogen-bond acceptors (Lipinski definition) is 2. The molecule has 9 heteroatoms. The first kappa shape index (κ1) is 27.5. The van der Waals surface area contributed by atoms with E-state index in [2.05, 4.69) is 15.5 Å². The number of piperidine rings is 1. The summed E-state index contributed by atoms with van der Waals surface area (Å²) in [5.74, 6) is 1.21. The number of alkyl halides is 3. The molecule has 0 aromatic heterocycles. The van der Waals surface area contributed by atoms with E-state index in [1.807, 2.05) is 20.8 Å². The summed E-state index contributed by atoms with van der Waals surface area (Å²) in [4.78, 5) is 18.5. The van der Waals surface area contributed by atoms with Crippen LogP contribution in [0.2, 0.25) is 0 Å². The van der Waals surface area contributed by atoms with Crippen LogP contribution < -0.4 is 10.6 Å². The quantitative estimate of drug-likeness (QED) is 0.311. The lowest BCUT2D eigenvalue weighted by Gasteiger charge is -2.34. The van der Waals surface area contributed by atoms with Crippen LogP contribution in [-0.2, 0) is 16.4 Å². The number of carbonyl (C=O) groups is 1. The molecule has 1 saturated heterocycles. The Morgan fingerprint density at radius 3 is 2.35 bits per heavy atom. The van der Waals surface area contributed by atoms with Crippen molar-refractivity contribution >= 4 is 35.8 Å². The first-order chi connectivity index (χ1) is 14.1. The molecule has 5 nitrogen and oxygen atoms in total. The minimum atomic E-state index is -4.36. The van der Waals surface area contributed by atoms with Gasteiger partial charge in [0.05, 0.1) is 12.1 Å². The van der Waals surface area contributed by atoms with Gasteiger partial charge in [-0.15, -0.1) is 24.0 Å². The molecule has 0 spiro atoms. The van der Waals surface area contributed by atoms with Gasteiger partial charge >= 0.3 is 6.18 Å². The highest BCUT2D eigenvalue weighted by molar-refractivity contribution is 14.0. The van der Waals surface area contributed by atoms with E-state index in [1.165, 1.54) is 12.1 Å². The molecule has 1 amide bonds. The molecule has 2 N–H and O–H groups in total. The summed E-state index contributed by atoms with van der Waals surface area (Å²) in [6.07, 6.45) is -1.99. The van der Waals surface area contributed by atoms with Crippen LogP contribution in [0.25, 0.3) is 0 Å². The van der Waals surface area contributed by atoms with Crippen molar-refractivity contribution in [2.75, 3.05) is 33.2 Å². The molecule has 0 saturated carbocycles. The van der Waals surface area contributed by atoms with Crippen molar-refractivity contribution in [3.63, 3.8) is 0 Å². The number of benzene rings is 1. The van der Waals surface area contributed by atoms with Crippen molar-refractivity contribution < 1.29 is 18.0 Å². The van der Waals surface area contributed by atoms with E-state index in [0.29, 0.717) is 31.0 Å². The summed E-state index contributed by atoms with van der Waals surface area (Å²) in [5, 5.41) is 5.97. The molecule has 176 valence electrons. The number of likely N-dealkylation sites (tertiary alicyclic amines) is 1. The van der Waals surface area contributed by atoms with Gasteiger partial charge in [-0.2, -0.15) is 13.2 Å². The average Bonchev–Trinajstić information content (AvgIpc) is 2.71. The van der Waals surface area contributed by atoms with E-state index in [-0.39, 0.29) is 29.9 Å². The molecule has 0 unspecified atom stereocenters. The Morgan fingerprint density at radius 1 is 1.19 bits per heavy atom. The summed E-state index contributed by atoms with van der Waals surface area (Å²) in [5.41, 5.74) is -0.567. The highest BCUT2D eigenvalue weighted by Gasteiger charge is 2.32. The third kappa shape index (κ3) is 8.16. The van der Waals surface area contributed by atoms with Gasteiger partial charge in [-0.05, 0) is 37.3 Å². The Bertz CT molecular complexity index is 745. The lowest BCUT2D eigenvalue weighted by molar-refractivity contribution is -0.137. The predicted molar refractivity (Wildman–Crippen MR) is 129 cm³/mol. The standard InChI is InChI=1S/C22H33F3N4O.HI/c1-5-27-20(29-11-9-16(10-12-29)13-19(30)26-4)28-15-21(2,3)17-7-6-8-18(14-17)22(23,24)25;/h6-8,14,16H,5,9-13,15H2,1-4H3,(H,26,30)(H,27,28);1H. The zero-order valence-electron chi connectivity index (χ0n) is 18.7. The molecule has 31 heavy (non-hydrogen) atoms. The van der Waals surface area contributed by atoms with Gasteiger partial charge in [0.25, 0.3) is 0 Å². The number of hydrogen-bond donors (Lipinski definition) is 2. The molecule has 1 heterocycles. The molecule has 0 bridgehead atoms. The van der Waals surface area contributed by atoms with Gasteiger partial charge in [0.2, 0.25) is 5.91 Å². The van der Waals surface area contributed by atoms with Gasteiger partial charge in [0, 0.05) is 38.5 Å². The van der Waals surface area contributed by atoms with Gasteiger partial charge in [0.1, 0.15) is 0 Å². The maximum Gasteiger partial charge on any atom is 0.416 e. The minimum Gasteiger partial charge on any atom is -0.359 e. The van der Waals surface area contributed by atoms with E-state index < -0.39 is 17.2 Å². The molecule has 1 fully saturated rings. The molecular formula is C22H34F3IN4O. The minimum absolute atomic E-state index is 0. The second kappa shape index (κ2) is 11.9. The van der Waals surface area contributed by atoms with Crippen molar-refractivity contribution in [1.29, 1.82) is 0 Å². The van der Waals surface area contributed by atoms with Gasteiger partial charge in [-0.25, -0.2) is 0 Å². The topological polar surface area (TPSA) is 56.7 Å². The average molecular weight is 554 g/mol. The number of guanidine groups is 1. The third-order valence-electron chi connectivity index (χ3n) is 5.60. The molecule has 0 radical (unpaired) electrons. The van der Waals surface area contributed by atoms with E-state index in [0.717, 1.165) is 38.0 Å². The van der Waals surface area contributed by atoms with Crippen LogP contribution in [0.5, 0.6) is 0 Å². The highest BCUT2D eigenvalue weighted by Crippen LogP contribution is 2.33. The van der Waals surface area contributed by atoms with Gasteiger partial charge in [0.15, 0.2) is 5.96 Å². The summed E-state index contributed by atoms with van der Waals surface area (Å²) >= 11 is 0. The molecular weight excluding hydrogens is 520 g/mol. The number of nitrogens with one attached hydrogen (secondary N) is 2. The number of halogens is 4. The lowest BCUT2D eigenvalue weighted by Crippen LogP contribution is -2.46. The molecule has 1 aromatic rings. The highest BCUT2D eigenvalue weighted by atomic mass is 127. The van der Waals surface area contributed by atoms with Crippen LogP contribution in [0.4, 0.5) is 13.2 Å². The zero-order valence-corrected chi connectivity index (χ0v) is 21.0. The Hall–Kier alpha value is -1.52. The number of amides is 1. The second-order valence-electron chi connectivity index (χ2n) is 8.44.